The molecule has 2 rings (SSSR count). The van der Waals surface area contributed by atoms with E-state index in [0.29, 0.717) is 18.7 Å². The van der Waals surface area contributed by atoms with Crippen LogP contribution in [-0.4, -0.2) is 34.5 Å². The lowest BCUT2D eigenvalue weighted by Crippen LogP contribution is -2.36. The molecule has 1 atom stereocenters. The van der Waals surface area contributed by atoms with Crippen molar-refractivity contribution in [3.05, 3.63) is 35.4 Å². The van der Waals surface area contributed by atoms with Gasteiger partial charge >= 0.3 is 5.97 Å². The molecular formula is C14H18N2O3. The van der Waals surface area contributed by atoms with E-state index < -0.39 is 5.97 Å². The van der Waals surface area contributed by atoms with Gasteiger partial charge in [-0.25, -0.2) is 0 Å². The molecule has 0 radical (unpaired) electrons. The van der Waals surface area contributed by atoms with Crippen molar-refractivity contribution in [3.63, 3.8) is 0 Å². The van der Waals surface area contributed by atoms with Gasteiger partial charge in [0.05, 0.1) is 6.42 Å². The standard InChI is InChI=1S/C14H18N2O3/c15-9-10-3-5-11(6-4-10)14(19)16-7-1-2-12(16)8-13(17)18/h3-6,12H,1-2,7-9,15H2,(H,17,18). The van der Waals surface area contributed by atoms with Crippen molar-refractivity contribution in [1.29, 1.82) is 0 Å². The van der Waals surface area contributed by atoms with E-state index in [2.05, 4.69) is 0 Å². The summed E-state index contributed by atoms with van der Waals surface area (Å²) in [5, 5.41) is 8.86. The van der Waals surface area contributed by atoms with Crippen LogP contribution in [0.15, 0.2) is 24.3 Å². The minimum absolute atomic E-state index is 0.0205. The summed E-state index contributed by atoms with van der Waals surface area (Å²) in [5.74, 6) is -0.949. The van der Waals surface area contributed by atoms with Crippen LogP contribution in [0.1, 0.15) is 35.2 Å². The summed E-state index contributed by atoms with van der Waals surface area (Å²) in [7, 11) is 0. The lowest BCUT2D eigenvalue weighted by Gasteiger charge is -2.23. The second-order valence-electron chi connectivity index (χ2n) is 4.79. The van der Waals surface area contributed by atoms with Crippen LogP contribution in [-0.2, 0) is 11.3 Å². The van der Waals surface area contributed by atoms with Crippen LogP contribution in [0, 0.1) is 0 Å². The van der Waals surface area contributed by atoms with E-state index in [1.165, 1.54) is 0 Å². The van der Waals surface area contributed by atoms with E-state index in [9.17, 15) is 9.59 Å². The number of nitrogens with two attached hydrogens (primary N) is 1. The Morgan fingerprint density at radius 1 is 1.32 bits per heavy atom. The molecule has 1 aliphatic heterocycles. The summed E-state index contributed by atoms with van der Waals surface area (Å²) >= 11 is 0. The highest BCUT2D eigenvalue weighted by Gasteiger charge is 2.30. The maximum absolute atomic E-state index is 12.3. The average Bonchev–Trinajstić information content (AvgIpc) is 2.85. The lowest BCUT2D eigenvalue weighted by atomic mass is 10.1. The fourth-order valence-corrected chi connectivity index (χ4v) is 2.47. The van der Waals surface area contributed by atoms with Gasteiger partial charge in [-0.05, 0) is 30.5 Å². The van der Waals surface area contributed by atoms with Gasteiger partial charge in [-0.15, -0.1) is 0 Å². The normalized spacial score (nSPS) is 18.6. The Kier molecular flexibility index (Phi) is 4.16. The first-order valence-electron chi connectivity index (χ1n) is 6.43. The first kappa shape index (κ1) is 13.5. The number of aliphatic carboxylic acids is 1. The Bertz CT molecular complexity index is 470. The van der Waals surface area contributed by atoms with Crippen LogP contribution in [0.3, 0.4) is 0 Å². The summed E-state index contributed by atoms with van der Waals surface area (Å²) in [6, 6.07) is 6.98. The van der Waals surface area contributed by atoms with Crippen molar-refractivity contribution in [3.8, 4) is 0 Å². The molecule has 5 nitrogen and oxygen atoms in total. The summed E-state index contributed by atoms with van der Waals surface area (Å²) in [4.78, 5) is 24.8. The molecule has 102 valence electrons. The van der Waals surface area contributed by atoms with Crippen LogP contribution in [0.25, 0.3) is 0 Å². The number of carboxylic acid groups (broad SMARTS) is 1. The van der Waals surface area contributed by atoms with Crippen molar-refractivity contribution in [1.82, 2.24) is 4.90 Å². The van der Waals surface area contributed by atoms with E-state index in [1.54, 1.807) is 17.0 Å². The molecule has 1 aromatic rings. The third-order valence-corrected chi connectivity index (χ3v) is 3.48. The minimum atomic E-state index is -0.858. The van der Waals surface area contributed by atoms with E-state index >= 15 is 0 Å². The minimum Gasteiger partial charge on any atom is -0.481 e. The van der Waals surface area contributed by atoms with Gasteiger partial charge in [0.1, 0.15) is 0 Å². The van der Waals surface area contributed by atoms with E-state index in [4.69, 9.17) is 10.8 Å². The molecule has 0 saturated carbocycles. The Morgan fingerprint density at radius 3 is 2.58 bits per heavy atom. The average molecular weight is 262 g/mol. The number of hydrogen-bond donors (Lipinski definition) is 2. The van der Waals surface area contributed by atoms with Gasteiger partial charge in [-0.2, -0.15) is 0 Å². The molecule has 5 heteroatoms. The number of nitrogens with zero attached hydrogens (tertiary/aromatic N) is 1. The zero-order chi connectivity index (χ0) is 13.8. The molecule has 19 heavy (non-hydrogen) atoms. The third kappa shape index (κ3) is 3.12. The zero-order valence-corrected chi connectivity index (χ0v) is 10.7. The Hall–Kier alpha value is -1.88. The molecular weight excluding hydrogens is 244 g/mol. The summed E-state index contributed by atoms with van der Waals surface area (Å²) in [6.07, 6.45) is 1.65. The molecule has 1 amide bonds. The summed E-state index contributed by atoms with van der Waals surface area (Å²) < 4.78 is 0. The third-order valence-electron chi connectivity index (χ3n) is 3.48. The van der Waals surface area contributed by atoms with E-state index in [-0.39, 0.29) is 18.4 Å². The van der Waals surface area contributed by atoms with Crippen molar-refractivity contribution in [2.75, 3.05) is 6.54 Å². The smallest absolute Gasteiger partial charge is 0.305 e. The van der Waals surface area contributed by atoms with Crippen molar-refractivity contribution in [2.24, 2.45) is 5.73 Å². The summed E-state index contributed by atoms with van der Waals surface area (Å²) in [5.41, 5.74) is 7.08. The van der Waals surface area contributed by atoms with Gasteiger partial charge in [0.2, 0.25) is 0 Å². The van der Waals surface area contributed by atoms with Gasteiger partial charge in [0.15, 0.2) is 0 Å². The quantitative estimate of drug-likeness (QED) is 0.854. The molecule has 1 aliphatic rings. The highest BCUT2D eigenvalue weighted by Crippen LogP contribution is 2.22. The molecule has 1 aromatic carbocycles. The molecule has 0 bridgehead atoms. The number of hydrogen-bond acceptors (Lipinski definition) is 3. The summed E-state index contributed by atoms with van der Waals surface area (Å²) in [6.45, 7) is 1.08. The van der Waals surface area contributed by atoms with Gasteiger partial charge in [-0.3, -0.25) is 9.59 Å². The fraction of sp³-hybridized carbons (Fsp3) is 0.429. The second-order valence-corrected chi connectivity index (χ2v) is 4.79. The fourth-order valence-electron chi connectivity index (χ4n) is 2.47. The van der Waals surface area contributed by atoms with Crippen LogP contribution in [0.4, 0.5) is 0 Å². The number of amides is 1. The number of carbonyl (C=O) groups excluding carboxylic acids is 1. The monoisotopic (exact) mass is 262 g/mol. The number of benzene rings is 1. The van der Waals surface area contributed by atoms with Crippen LogP contribution in [0.2, 0.25) is 0 Å². The topological polar surface area (TPSA) is 83.6 Å². The lowest BCUT2D eigenvalue weighted by molar-refractivity contribution is -0.137. The van der Waals surface area contributed by atoms with Gasteiger partial charge in [-0.1, -0.05) is 12.1 Å². The maximum Gasteiger partial charge on any atom is 0.305 e. The van der Waals surface area contributed by atoms with Crippen molar-refractivity contribution < 1.29 is 14.7 Å². The maximum atomic E-state index is 12.3. The number of likely N-dealkylation sites (tertiary alicyclic amines) is 1. The molecule has 0 spiro atoms. The van der Waals surface area contributed by atoms with E-state index in [1.807, 2.05) is 12.1 Å². The molecule has 1 heterocycles. The largest absolute Gasteiger partial charge is 0.481 e. The predicted molar refractivity (Wildman–Crippen MR) is 70.6 cm³/mol. The highest BCUT2D eigenvalue weighted by molar-refractivity contribution is 5.94. The van der Waals surface area contributed by atoms with Gasteiger partial charge in [0.25, 0.3) is 5.91 Å². The SMILES string of the molecule is NCc1ccc(C(=O)N2CCCC2CC(=O)O)cc1. The molecule has 0 aromatic heterocycles. The molecule has 0 aliphatic carbocycles. The van der Waals surface area contributed by atoms with Gasteiger partial charge in [0, 0.05) is 24.7 Å². The highest BCUT2D eigenvalue weighted by atomic mass is 16.4. The molecule has 1 fully saturated rings. The molecule has 1 saturated heterocycles. The van der Waals surface area contributed by atoms with E-state index in [0.717, 1.165) is 18.4 Å². The Morgan fingerprint density at radius 2 is 2.00 bits per heavy atom. The second kappa shape index (κ2) is 5.84. The first-order valence-corrected chi connectivity index (χ1v) is 6.43. The zero-order valence-electron chi connectivity index (χ0n) is 10.7. The number of rotatable bonds is 4. The van der Waals surface area contributed by atoms with Crippen LogP contribution < -0.4 is 5.73 Å². The molecule has 1 unspecified atom stereocenters. The number of carbonyl (C=O) groups is 2. The van der Waals surface area contributed by atoms with Crippen molar-refractivity contribution >= 4 is 11.9 Å². The van der Waals surface area contributed by atoms with Crippen LogP contribution >= 0.6 is 0 Å². The Balaban J connectivity index is 2.11. The van der Waals surface area contributed by atoms with Gasteiger partial charge < -0.3 is 15.7 Å². The van der Waals surface area contributed by atoms with Crippen LogP contribution in [0.5, 0.6) is 0 Å². The Labute approximate surface area is 112 Å². The molecule has 3 N–H and O–H groups in total. The van der Waals surface area contributed by atoms with Crippen molar-refractivity contribution in [2.45, 2.75) is 31.8 Å². The predicted octanol–water partition coefficient (Wildman–Crippen LogP) is 1.22. The first-order chi connectivity index (χ1) is 9.11. The number of carboxylic acids is 1.